The fourth-order valence-corrected chi connectivity index (χ4v) is 1.63. The van der Waals surface area contributed by atoms with E-state index < -0.39 is 6.03 Å². The highest BCUT2D eigenvalue weighted by Gasteiger charge is 2.12. The number of amides is 2. The summed E-state index contributed by atoms with van der Waals surface area (Å²) >= 11 is 11.6. The lowest BCUT2D eigenvalue weighted by molar-refractivity contribution is 0.167. The summed E-state index contributed by atoms with van der Waals surface area (Å²) in [5.74, 6) is 0. The van der Waals surface area contributed by atoms with Crippen LogP contribution in [-0.2, 0) is 0 Å². The summed E-state index contributed by atoms with van der Waals surface area (Å²) in [5.41, 5.74) is 0.496. The van der Waals surface area contributed by atoms with Crippen molar-refractivity contribution in [2.75, 3.05) is 31.6 Å². The van der Waals surface area contributed by atoms with Crippen LogP contribution < -0.4 is 5.32 Å². The third kappa shape index (κ3) is 4.34. The van der Waals surface area contributed by atoms with Crippen LogP contribution in [0.3, 0.4) is 0 Å². The Balaban J connectivity index is 2.69. The van der Waals surface area contributed by atoms with Crippen LogP contribution >= 0.6 is 23.2 Å². The van der Waals surface area contributed by atoms with Crippen molar-refractivity contribution in [3.05, 3.63) is 28.2 Å². The van der Waals surface area contributed by atoms with E-state index in [0.717, 1.165) is 0 Å². The summed E-state index contributed by atoms with van der Waals surface area (Å²) in [6, 6.07) is 4.29. The van der Waals surface area contributed by atoms with Gasteiger partial charge >= 0.3 is 6.03 Å². The van der Waals surface area contributed by atoms with Crippen molar-refractivity contribution in [3.8, 4) is 0 Å². The summed E-state index contributed by atoms with van der Waals surface area (Å²) in [6.07, 6.45) is 0. The Hall–Kier alpha value is -1.01. The highest BCUT2D eigenvalue weighted by Crippen LogP contribution is 2.25. The molecule has 0 aliphatic heterocycles. The molecule has 0 saturated carbocycles. The Morgan fingerprint density at radius 2 is 1.78 bits per heavy atom. The Kier molecular flexibility index (Phi) is 6.21. The van der Waals surface area contributed by atoms with E-state index >= 15 is 0 Å². The standard InChI is InChI=1S/C11H14Cl2N2O3/c12-9-2-1-8(7-10(9)13)14-11(18)15(3-5-16)4-6-17/h1-2,7,16-17H,3-6H2,(H,14,18). The molecular formula is C11H14Cl2N2O3. The van der Waals surface area contributed by atoms with Crippen molar-refractivity contribution in [1.82, 2.24) is 4.90 Å². The second-order valence-electron chi connectivity index (χ2n) is 3.49. The zero-order valence-electron chi connectivity index (χ0n) is 9.57. The van der Waals surface area contributed by atoms with Crippen molar-refractivity contribution >= 4 is 34.9 Å². The van der Waals surface area contributed by atoms with Crippen molar-refractivity contribution in [2.45, 2.75) is 0 Å². The lowest BCUT2D eigenvalue weighted by Crippen LogP contribution is -2.38. The molecule has 0 unspecified atom stereocenters. The van der Waals surface area contributed by atoms with Gasteiger partial charge < -0.3 is 20.4 Å². The molecule has 0 aliphatic carbocycles. The van der Waals surface area contributed by atoms with E-state index in [4.69, 9.17) is 33.4 Å². The molecule has 0 saturated heterocycles. The van der Waals surface area contributed by atoms with Gasteiger partial charge in [0.15, 0.2) is 0 Å². The van der Waals surface area contributed by atoms with Crippen LogP contribution in [0.25, 0.3) is 0 Å². The summed E-state index contributed by atoms with van der Waals surface area (Å²) < 4.78 is 0. The normalized spacial score (nSPS) is 10.2. The van der Waals surface area contributed by atoms with Gasteiger partial charge in [0.05, 0.1) is 23.3 Å². The number of carbonyl (C=O) groups is 1. The van der Waals surface area contributed by atoms with Crippen LogP contribution in [0.15, 0.2) is 18.2 Å². The molecular weight excluding hydrogens is 279 g/mol. The molecule has 7 heteroatoms. The third-order valence-electron chi connectivity index (χ3n) is 2.20. The average molecular weight is 293 g/mol. The minimum atomic E-state index is -0.420. The van der Waals surface area contributed by atoms with Crippen LogP contribution in [0, 0.1) is 0 Å². The van der Waals surface area contributed by atoms with Crippen LogP contribution in [0.1, 0.15) is 0 Å². The Morgan fingerprint density at radius 3 is 2.28 bits per heavy atom. The summed E-state index contributed by atoms with van der Waals surface area (Å²) in [4.78, 5) is 13.1. The molecule has 2 amide bonds. The van der Waals surface area contributed by atoms with Crippen molar-refractivity contribution < 1.29 is 15.0 Å². The Morgan fingerprint density at radius 1 is 1.17 bits per heavy atom. The van der Waals surface area contributed by atoms with E-state index in [1.165, 1.54) is 11.0 Å². The number of halogens is 2. The monoisotopic (exact) mass is 292 g/mol. The molecule has 0 bridgehead atoms. The number of nitrogens with zero attached hydrogens (tertiary/aromatic N) is 1. The molecule has 0 spiro atoms. The first-order chi connectivity index (χ1) is 8.58. The molecule has 1 rings (SSSR count). The van der Waals surface area contributed by atoms with Gasteiger partial charge in [0.25, 0.3) is 0 Å². The smallest absolute Gasteiger partial charge is 0.322 e. The van der Waals surface area contributed by atoms with Crippen molar-refractivity contribution in [3.63, 3.8) is 0 Å². The molecule has 0 heterocycles. The number of benzene rings is 1. The molecule has 0 radical (unpaired) electrons. The van der Waals surface area contributed by atoms with Gasteiger partial charge in [-0.05, 0) is 18.2 Å². The first kappa shape index (κ1) is 15.0. The molecule has 1 aromatic carbocycles. The minimum Gasteiger partial charge on any atom is -0.395 e. The number of nitrogens with one attached hydrogen (secondary N) is 1. The topological polar surface area (TPSA) is 72.8 Å². The largest absolute Gasteiger partial charge is 0.395 e. The van der Waals surface area contributed by atoms with E-state index in [9.17, 15) is 4.79 Å². The van der Waals surface area contributed by atoms with E-state index in [1.807, 2.05) is 0 Å². The highest BCUT2D eigenvalue weighted by molar-refractivity contribution is 6.42. The lowest BCUT2D eigenvalue weighted by Gasteiger charge is -2.21. The number of aliphatic hydroxyl groups excluding tert-OH is 2. The van der Waals surface area contributed by atoms with E-state index in [1.54, 1.807) is 12.1 Å². The zero-order valence-corrected chi connectivity index (χ0v) is 11.1. The lowest BCUT2D eigenvalue weighted by atomic mass is 10.3. The van der Waals surface area contributed by atoms with E-state index in [0.29, 0.717) is 15.7 Å². The maximum atomic E-state index is 11.8. The predicted molar refractivity (Wildman–Crippen MR) is 71.2 cm³/mol. The second-order valence-corrected chi connectivity index (χ2v) is 4.31. The van der Waals surface area contributed by atoms with Gasteiger partial charge in [0.2, 0.25) is 0 Å². The molecule has 0 aliphatic rings. The maximum absolute atomic E-state index is 11.8. The summed E-state index contributed by atoms with van der Waals surface area (Å²) in [6.45, 7) is -0.0506. The second kappa shape index (κ2) is 7.43. The molecule has 0 fully saturated rings. The summed E-state index contributed by atoms with van der Waals surface area (Å²) in [7, 11) is 0. The number of carbonyl (C=O) groups excluding carboxylic acids is 1. The Bertz CT molecular complexity index is 409. The number of urea groups is 1. The van der Waals surface area contributed by atoms with E-state index in [-0.39, 0.29) is 26.3 Å². The van der Waals surface area contributed by atoms with Crippen molar-refractivity contribution in [1.29, 1.82) is 0 Å². The molecule has 1 aromatic rings. The van der Waals surface area contributed by atoms with Gasteiger partial charge in [0.1, 0.15) is 0 Å². The van der Waals surface area contributed by atoms with Crippen molar-refractivity contribution in [2.24, 2.45) is 0 Å². The van der Waals surface area contributed by atoms with Gasteiger partial charge in [-0.25, -0.2) is 4.79 Å². The number of anilines is 1. The number of hydrogen-bond donors (Lipinski definition) is 3. The molecule has 18 heavy (non-hydrogen) atoms. The van der Waals surface area contributed by atoms with Crippen LogP contribution in [0.4, 0.5) is 10.5 Å². The number of aliphatic hydroxyl groups is 2. The highest BCUT2D eigenvalue weighted by atomic mass is 35.5. The molecule has 100 valence electrons. The first-order valence-electron chi connectivity index (χ1n) is 5.31. The molecule has 0 atom stereocenters. The van der Waals surface area contributed by atoms with Gasteiger partial charge in [-0.15, -0.1) is 0 Å². The maximum Gasteiger partial charge on any atom is 0.322 e. The van der Waals surface area contributed by atoms with E-state index in [2.05, 4.69) is 5.32 Å². The van der Waals surface area contributed by atoms with Crippen LogP contribution in [-0.4, -0.2) is 47.4 Å². The number of rotatable bonds is 5. The van der Waals surface area contributed by atoms with Crippen LogP contribution in [0.2, 0.25) is 10.0 Å². The van der Waals surface area contributed by atoms with Gasteiger partial charge in [-0.3, -0.25) is 0 Å². The molecule has 5 nitrogen and oxygen atoms in total. The quantitative estimate of drug-likeness (QED) is 0.775. The molecule has 0 aromatic heterocycles. The fourth-order valence-electron chi connectivity index (χ4n) is 1.33. The van der Waals surface area contributed by atoms with Gasteiger partial charge in [-0.1, -0.05) is 23.2 Å². The predicted octanol–water partition coefficient (Wildman–Crippen LogP) is 1.81. The van der Waals surface area contributed by atoms with Gasteiger partial charge in [0, 0.05) is 18.8 Å². The van der Waals surface area contributed by atoms with Crippen LogP contribution in [0.5, 0.6) is 0 Å². The minimum absolute atomic E-state index is 0.147. The Labute approximate surface area is 115 Å². The number of hydrogen-bond acceptors (Lipinski definition) is 3. The average Bonchev–Trinajstić information content (AvgIpc) is 2.33. The van der Waals surface area contributed by atoms with Gasteiger partial charge in [-0.2, -0.15) is 0 Å². The fraction of sp³-hybridized carbons (Fsp3) is 0.364. The molecule has 3 N–H and O–H groups in total. The third-order valence-corrected chi connectivity index (χ3v) is 2.94. The SMILES string of the molecule is O=C(Nc1ccc(Cl)c(Cl)c1)N(CCO)CCO. The zero-order chi connectivity index (χ0) is 13.5. The summed E-state index contributed by atoms with van der Waals surface area (Å²) in [5, 5.41) is 21.0. The first-order valence-corrected chi connectivity index (χ1v) is 6.06.